The zero-order valence-corrected chi connectivity index (χ0v) is 19.9. The van der Waals surface area contributed by atoms with Crippen molar-refractivity contribution < 1.29 is 27.7 Å². The second kappa shape index (κ2) is 14.3. The van der Waals surface area contributed by atoms with Gasteiger partial charge in [0.15, 0.2) is 0 Å². The molecule has 0 aromatic rings. The van der Waals surface area contributed by atoms with Crippen LogP contribution in [0.2, 0.25) is 0 Å². The Morgan fingerprint density at radius 2 is 1.40 bits per heavy atom. The lowest BCUT2D eigenvalue weighted by Gasteiger charge is -2.17. The summed E-state index contributed by atoms with van der Waals surface area (Å²) < 4.78 is 33.9. The van der Waals surface area contributed by atoms with Gasteiger partial charge in [-0.25, -0.2) is 9.36 Å². The van der Waals surface area contributed by atoms with Crippen LogP contribution in [0.15, 0.2) is 11.3 Å². The molecule has 30 heavy (non-hydrogen) atoms. The van der Waals surface area contributed by atoms with Gasteiger partial charge in [0.25, 0.3) is 0 Å². The number of unbranched alkanes of at least 4 members (excludes halogenated alkanes) is 13. The zero-order valence-electron chi connectivity index (χ0n) is 19.0. The van der Waals surface area contributed by atoms with E-state index in [0.29, 0.717) is 17.9 Å². The molecule has 0 amide bonds. The standard InChI is InChI=1S/C23H41O6P/c1-3-4-5-6-7-8-9-10-11-12-13-14-15-16-17-27-30(25)28-19-21-18-26-23(24)22(21)20(2)29-30/h21H,3-19H2,1-2H3/t21-,30+/m0/s1. The Bertz CT molecular complexity index is 588. The molecule has 2 aliphatic heterocycles. The van der Waals surface area contributed by atoms with E-state index in [4.69, 9.17) is 18.3 Å². The Balaban J connectivity index is 1.45. The van der Waals surface area contributed by atoms with Gasteiger partial charge >= 0.3 is 13.8 Å². The SMILES string of the molecule is CCCCCCCCCCCCCCCCO[P@]1(=O)OC[C@@H]2COC(=O)C2=C(C)O1. The van der Waals surface area contributed by atoms with E-state index in [1.165, 1.54) is 77.0 Å². The normalized spacial score (nSPS) is 23.8. The van der Waals surface area contributed by atoms with Gasteiger partial charge in [0.2, 0.25) is 0 Å². The van der Waals surface area contributed by atoms with Crippen molar-refractivity contribution in [1.29, 1.82) is 0 Å². The summed E-state index contributed by atoms with van der Waals surface area (Å²) in [5, 5.41) is 0. The van der Waals surface area contributed by atoms with Crippen LogP contribution in [0.25, 0.3) is 0 Å². The molecular formula is C23H41O6P. The maximum absolute atomic E-state index is 12.7. The van der Waals surface area contributed by atoms with E-state index in [1.54, 1.807) is 6.92 Å². The first-order valence-electron chi connectivity index (χ1n) is 12.0. The lowest BCUT2D eigenvalue weighted by molar-refractivity contribution is -0.135. The summed E-state index contributed by atoms with van der Waals surface area (Å²) in [4.78, 5) is 11.7. The molecule has 174 valence electrons. The van der Waals surface area contributed by atoms with Crippen LogP contribution in [0.1, 0.15) is 104 Å². The predicted octanol–water partition coefficient (Wildman–Crippen LogP) is 7.09. The van der Waals surface area contributed by atoms with Crippen LogP contribution in [-0.4, -0.2) is 25.8 Å². The van der Waals surface area contributed by atoms with Gasteiger partial charge in [-0.1, -0.05) is 90.4 Å². The topological polar surface area (TPSA) is 71.1 Å². The fourth-order valence-electron chi connectivity index (χ4n) is 4.03. The van der Waals surface area contributed by atoms with E-state index >= 15 is 0 Å². The van der Waals surface area contributed by atoms with Gasteiger partial charge in [-0.15, -0.1) is 0 Å². The molecule has 0 bridgehead atoms. The number of carbonyl (C=O) groups excluding carboxylic acids is 1. The van der Waals surface area contributed by atoms with Crippen molar-refractivity contribution in [3.8, 4) is 0 Å². The van der Waals surface area contributed by atoms with Crippen LogP contribution < -0.4 is 0 Å². The number of cyclic esters (lactones) is 1. The number of esters is 1. The van der Waals surface area contributed by atoms with Crippen molar-refractivity contribution in [2.75, 3.05) is 19.8 Å². The highest BCUT2D eigenvalue weighted by Gasteiger charge is 2.42. The van der Waals surface area contributed by atoms with E-state index in [2.05, 4.69) is 6.92 Å². The molecule has 6 nitrogen and oxygen atoms in total. The number of ether oxygens (including phenoxy) is 1. The van der Waals surface area contributed by atoms with Gasteiger partial charge in [0.05, 0.1) is 24.7 Å². The van der Waals surface area contributed by atoms with Crippen LogP contribution in [0.4, 0.5) is 0 Å². The van der Waals surface area contributed by atoms with E-state index in [0.717, 1.165) is 12.8 Å². The lowest BCUT2D eigenvalue weighted by Crippen LogP contribution is -2.10. The minimum absolute atomic E-state index is 0.119. The van der Waals surface area contributed by atoms with Gasteiger partial charge in [0, 0.05) is 0 Å². The number of allylic oxidation sites excluding steroid dienone is 1. The van der Waals surface area contributed by atoms with Crippen LogP contribution >= 0.6 is 7.82 Å². The van der Waals surface area contributed by atoms with Crippen molar-refractivity contribution in [3.63, 3.8) is 0 Å². The Labute approximate surface area is 182 Å². The highest BCUT2D eigenvalue weighted by molar-refractivity contribution is 7.48. The van der Waals surface area contributed by atoms with Gasteiger partial charge < -0.3 is 9.26 Å². The largest absolute Gasteiger partial charge is 0.529 e. The van der Waals surface area contributed by atoms with E-state index in [1.807, 2.05) is 0 Å². The fourth-order valence-corrected chi connectivity index (χ4v) is 5.36. The molecule has 2 aliphatic rings. The molecule has 2 heterocycles. The van der Waals surface area contributed by atoms with Gasteiger partial charge in [-0.2, -0.15) is 0 Å². The lowest BCUT2D eigenvalue weighted by atomic mass is 10.0. The van der Waals surface area contributed by atoms with E-state index in [-0.39, 0.29) is 19.1 Å². The molecule has 7 heteroatoms. The summed E-state index contributed by atoms with van der Waals surface area (Å²) in [5.41, 5.74) is 0.424. The summed E-state index contributed by atoms with van der Waals surface area (Å²) in [7, 11) is -3.65. The number of fused-ring (bicyclic) bond motifs is 1. The van der Waals surface area contributed by atoms with Crippen molar-refractivity contribution in [2.45, 2.75) is 104 Å². The molecule has 0 aromatic heterocycles. The van der Waals surface area contributed by atoms with E-state index < -0.39 is 13.8 Å². The monoisotopic (exact) mass is 444 g/mol. The second-order valence-corrected chi connectivity index (χ2v) is 10.1. The number of hydrogen-bond acceptors (Lipinski definition) is 6. The van der Waals surface area contributed by atoms with Crippen LogP contribution in [-0.2, 0) is 27.7 Å². The van der Waals surface area contributed by atoms with Crippen molar-refractivity contribution in [3.05, 3.63) is 11.3 Å². The summed E-state index contributed by atoms with van der Waals surface area (Å²) in [5.74, 6) is -0.344. The number of carbonyl (C=O) groups is 1. The first-order valence-corrected chi connectivity index (χ1v) is 13.5. The smallest absolute Gasteiger partial charge is 0.461 e. The Hall–Kier alpha value is -0.840. The molecule has 2 rings (SSSR count). The molecule has 1 saturated heterocycles. The summed E-state index contributed by atoms with van der Waals surface area (Å²) >= 11 is 0. The molecular weight excluding hydrogens is 403 g/mol. The zero-order chi connectivity index (χ0) is 21.7. The average Bonchev–Trinajstić information content (AvgIpc) is 3.04. The first-order chi connectivity index (χ1) is 14.6. The average molecular weight is 445 g/mol. The fraction of sp³-hybridized carbons (Fsp3) is 0.870. The quantitative estimate of drug-likeness (QED) is 0.144. The molecule has 0 N–H and O–H groups in total. The molecule has 0 saturated carbocycles. The highest BCUT2D eigenvalue weighted by Crippen LogP contribution is 2.54. The predicted molar refractivity (Wildman–Crippen MR) is 118 cm³/mol. The van der Waals surface area contributed by atoms with Crippen LogP contribution in [0.5, 0.6) is 0 Å². The summed E-state index contributed by atoms with van der Waals surface area (Å²) in [6.45, 7) is 4.58. The summed E-state index contributed by atoms with van der Waals surface area (Å²) in [6.07, 6.45) is 18.0. The second-order valence-electron chi connectivity index (χ2n) is 8.53. The number of hydrogen-bond donors (Lipinski definition) is 0. The third kappa shape index (κ3) is 9.11. The van der Waals surface area contributed by atoms with E-state index in [9.17, 15) is 9.36 Å². The molecule has 1 fully saturated rings. The minimum Gasteiger partial charge on any atom is -0.461 e. The molecule has 0 spiro atoms. The molecule has 0 unspecified atom stereocenters. The highest BCUT2D eigenvalue weighted by atomic mass is 31.2. The summed E-state index contributed by atoms with van der Waals surface area (Å²) in [6, 6.07) is 0. The van der Waals surface area contributed by atoms with Crippen molar-refractivity contribution in [1.82, 2.24) is 0 Å². The first kappa shape index (κ1) is 25.4. The minimum atomic E-state index is -3.65. The Morgan fingerprint density at radius 1 is 0.867 bits per heavy atom. The molecule has 0 aromatic carbocycles. The molecule has 2 atom stereocenters. The van der Waals surface area contributed by atoms with Gasteiger partial charge in [-0.05, 0) is 13.3 Å². The molecule has 0 radical (unpaired) electrons. The third-order valence-electron chi connectivity index (χ3n) is 5.85. The Kier molecular flexibility index (Phi) is 12.1. The maximum atomic E-state index is 12.7. The van der Waals surface area contributed by atoms with Gasteiger partial charge in [-0.3, -0.25) is 9.05 Å². The maximum Gasteiger partial charge on any atom is 0.529 e. The third-order valence-corrected chi connectivity index (χ3v) is 7.31. The van der Waals surface area contributed by atoms with Crippen molar-refractivity contribution >= 4 is 13.8 Å². The van der Waals surface area contributed by atoms with Crippen molar-refractivity contribution in [2.24, 2.45) is 5.92 Å². The number of phosphoric ester groups is 1. The van der Waals surface area contributed by atoms with Crippen LogP contribution in [0.3, 0.4) is 0 Å². The molecule has 0 aliphatic carbocycles. The van der Waals surface area contributed by atoms with Crippen LogP contribution in [0, 0.1) is 5.92 Å². The van der Waals surface area contributed by atoms with Gasteiger partial charge in [0.1, 0.15) is 12.4 Å². The Morgan fingerprint density at radius 3 is 1.97 bits per heavy atom. The number of rotatable bonds is 16. The number of phosphoric acid groups is 1.